The molecule has 4 N–H and O–H groups in total. The van der Waals surface area contributed by atoms with Crippen LogP contribution in [0.25, 0.3) is 0 Å². The fourth-order valence-corrected chi connectivity index (χ4v) is 1.85. The van der Waals surface area contributed by atoms with Crippen LogP contribution >= 0.6 is 11.6 Å². The molecule has 1 rings (SSSR count). The lowest BCUT2D eigenvalue weighted by Crippen LogP contribution is -2.51. The van der Waals surface area contributed by atoms with Crippen molar-refractivity contribution in [3.05, 3.63) is 34.9 Å². The van der Waals surface area contributed by atoms with Crippen molar-refractivity contribution < 1.29 is 19.5 Å². The van der Waals surface area contributed by atoms with Crippen molar-refractivity contribution in [3.8, 4) is 0 Å². The van der Waals surface area contributed by atoms with E-state index in [0.29, 0.717) is 9.92 Å². The Morgan fingerprint density at radius 1 is 1.33 bits per heavy atom. The summed E-state index contributed by atoms with van der Waals surface area (Å²) < 4.78 is 0. The molecule has 0 aromatic heterocycles. The lowest BCUT2D eigenvalue weighted by Gasteiger charge is -2.24. The Labute approximate surface area is 126 Å². The van der Waals surface area contributed by atoms with Gasteiger partial charge in [0.1, 0.15) is 0 Å². The van der Waals surface area contributed by atoms with Gasteiger partial charge in [-0.1, -0.05) is 23.7 Å². The van der Waals surface area contributed by atoms with Crippen LogP contribution in [-0.4, -0.2) is 34.1 Å². The zero-order valence-electron chi connectivity index (χ0n) is 11.4. The fourth-order valence-electron chi connectivity index (χ4n) is 1.73. The maximum absolute atomic E-state index is 11.9. The number of carbonyl (C=O) groups is 3. The third-order valence-corrected chi connectivity index (χ3v) is 2.98. The number of primary amides is 1. The van der Waals surface area contributed by atoms with E-state index in [1.807, 2.05) is 0 Å². The first kappa shape index (κ1) is 16.8. The van der Waals surface area contributed by atoms with Crippen molar-refractivity contribution in [2.24, 2.45) is 5.73 Å². The molecule has 0 bridgehead atoms. The Hall–Kier alpha value is -2.28. The molecule has 21 heavy (non-hydrogen) atoms. The second-order valence-electron chi connectivity index (χ2n) is 4.44. The van der Waals surface area contributed by atoms with Gasteiger partial charge in [-0.3, -0.25) is 4.79 Å². The molecular weight excluding hydrogens is 298 g/mol. The van der Waals surface area contributed by atoms with E-state index in [2.05, 4.69) is 5.32 Å². The highest BCUT2D eigenvalue weighted by Crippen LogP contribution is 2.10. The van der Waals surface area contributed by atoms with Gasteiger partial charge in [0.2, 0.25) is 0 Å². The molecule has 0 heterocycles. The predicted octanol–water partition coefficient (Wildman–Crippen LogP) is 1.79. The summed E-state index contributed by atoms with van der Waals surface area (Å²) in [7, 11) is 0. The number of carboxylic acids is 1. The molecular formula is C13H16ClN3O4. The first-order valence-electron chi connectivity index (χ1n) is 6.14. The van der Waals surface area contributed by atoms with Crippen LogP contribution in [0.1, 0.15) is 18.9 Å². The van der Waals surface area contributed by atoms with Gasteiger partial charge in [0.25, 0.3) is 0 Å². The number of nitrogens with two attached hydrogens (primary N) is 1. The van der Waals surface area contributed by atoms with E-state index in [1.165, 1.54) is 6.92 Å². The van der Waals surface area contributed by atoms with Crippen molar-refractivity contribution in [3.63, 3.8) is 0 Å². The highest BCUT2D eigenvalue weighted by Gasteiger charge is 2.26. The van der Waals surface area contributed by atoms with Crippen molar-refractivity contribution in [1.29, 1.82) is 0 Å². The van der Waals surface area contributed by atoms with E-state index in [9.17, 15) is 14.4 Å². The quantitative estimate of drug-likeness (QED) is 0.769. The number of halogens is 1. The highest BCUT2D eigenvalue weighted by atomic mass is 35.5. The number of benzene rings is 1. The summed E-state index contributed by atoms with van der Waals surface area (Å²) in [5, 5.41) is 11.8. The van der Waals surface area contributed by atoms with Crippen molar-refractivity contribution in [1.82, 2.24) is 10.2 Å². The SMILES string of the molecule is C[C@@H](CC(=O)O)N(C(N)=O)C(=O)NCc1ccc(Cl)cc1. The molecule has 7 nitrogen and oxygen atoms in total. The number of imide groups is 1. The second-order valence-corrected chi connectivity index (χ2v) is 4.88. The zero-order chi connectivity index (χ0) is 16.0. The van der Waals surface area contributed by atoms with Gasteiger partial charge in [0.15, 0.2) is 0 Å². The van der Waals surface area contributed by atoms with Crippen LogP contribution in [0.3, 0.4) is 0 Å². The van der Waals surface area contributed by atoms with Crippen LogP contribution < -0.4 is 11.1 Å². The number of rotatable bonds is 5. The number of hydrogen-bond acceptors (Lipinski definition) is 3. The highest BCUT2D eigenvalue weighted by molar-refractivity contribution is 6.30. The molecule has 8 heteroatoms. The maximum atomic E-state index is 11.9. The molecule has 1 atom stereocenters. The molecule has 0 saturated heterocycles. The van der Waals surface area contributed by atoms with Crippen molar-refractivity contribution in [2.45, 2.75) is 25.9 Å². The molecule has 1 aromatic carbocycles. The zero-order valence-corrected chi connectivity index (χ0v) is 12.1. The van der Waals surface area contributed by atoms with Gasteiger partial charge in [-0.25, -0.2) is 14.5 Å². The first-order valence-corrected chi connectivity index (χ1v) is 6.51. The van der Waals surface area contributed by atoms with Gasteiger partial charge < -0.3 is 16.2 Å². The Kier molecular flexibility index (Phi) is 5.98. The molecule has 0 aliphatic carbocycles. The summed E-state index contributed by atoms with van der Waals surface area (Å²) in [5.41, 5.74) is 5.90. The molecule has 0 aliphatic heterocycles. The number of carbonyl (C=O) groups excluding carboxylic acids is 2. The fraction of sp³-hybridized carbons (Fsp3) is 0.308. The Bertz CT molecular complexity index is 533. The molecule has 114 valence electrons. The smallest absolute Gasteiger partial charge is 0.326 e. The summed E-state index contributed by atoms with van der Waals surface area (Å²) in [5.74, 6) is -1.13. The summed E-state index contributed by atoms with van der Waals surface area (Å²) in [4.78, 5) is 34.6. The second kappa shape index (κ2) is 7.49. The third-order valence-electron chi connectivity index (χ3n) is 2.72. The van der Waals surface area contributed by atoms with Crippen LogP contribution in [0, 0.1) is 0 Å². The minimum atomic E-state index is -1.13. The minimum Gasteiger partial charge on any atom is -0.481 e. The number of hydrogen-bond donors (Lipinski definition) is 3. The van der Waals surface area contributed by atoms with E-state index in [1.54, 1.807) is 24.3 Å². The first-order chi connectivity index (χ1) is 9.81. The van der Waals surface area contributed by atoms with Gasteiger partial charge in [-0.05, 0) is 24.6 Å². The van der Waals surface area contributed by atoms with E-state index in [4.69, 9.17) is 22.4 Å². The van der Waals surface area contributed by atoms with Crippen LogP contribution in [0.5, 0.6) is 0 Å². The van der Waals surface area contributed by atoms with Gasteiger partial charge in [0.05, 0.1) is 12.5 Å². The third kappa shape index (κ3) is 5.31. The number of nitrogens with one attached hydrogen (secondary N) is 1. The van der Waals surface area contributed by atoms with E-state index >= 15 is 0 Å². The monoisotopic (exact) mass is 313 g/mol. The average molecular weight is 314 g/mol. The van der Waals surface area contributed by atoms with Crippen molar-refractivity contribution >= 4 is 29.6 Å². The van der Waals surface area contributed by atoms with Crippen LogP contribution in [-0.2, 0) is 11.3 Å². The van der Waals surface area contributed by atoms with Crippen LogP contribution in [0.4, 0.5) is 9.59 Å². The Morgan fingerprint density at radius 3 is 2.38 bits per heavy atom. The lowest BCUT2D eigenvalue weighted by molar-refractivity contribution is -0.137. The van der Waals surface area contributed by atoms with Gasteiger partial charge >= 0.3 is 18.0 Å². The number of urea groups is 2. The summed E-state index contributed by atoms with van der Waals surface area (Å²) in [6.45, 7) is 1.60. The summed E-state index contributed by atoms with van der Waals surface area (Å²) in [6, 6.07) is 4.19. The minimum absolute atomic E-state index is 0.166. The molecule has 1 aromatic rings. The Morgan fingerprint density at radius 2 is 1.90 bits per heavy atom. The normalized spacial score (nSPS) is 11.5. The van der Waals surface area contributed by atoms with Gasteiger partial charge in [-0.15, -0.1) is 0 Å². The lowest BCUT2D eigenvalue weighted by atomic mass is 10.2. The Balaban J connectivity index is 2.67. The van der Waals surface area contributed by atoms with E-state index in [-0.39, 0.29) is 13.0 Å². The molecule has 0 aliphatic rings. The number of carboxylic acid groups (broad SMARTS) is 1. The molecule has 0 fully saturated rings. The standard InChI is InChI=1S/C13H16ClN3O4/c1-8(6-11(18)19)17(12(15)20)13(21)16-7-9-2-4-10(14)5-3-9/h2-5,8H,6-7H2,1H3,(H2,15,20)(H,16,21)(H,18,19)/t8-/m0/s1. The van der Waals surface area contributed by atoms with E-state index < -0.39 is 24.1 Å². The largest absolute Gasteiger partial charge is 0.481 e. The number of aliphatic carboxylic acids is 1. The summed E-state index contributed by atoms with van der Waals surface area (Å²) >= 11 is 5.74. The average Bonchev–Trinajstić information content (AvgIpc) is 2.36. The molecule has 0 spiro atoms. The van der Waals surface area contributed by atoms with Crippen molar-refractivity contribution in [2.75, 3.05) is 0 Å². The van der Waals surface area contributed by atoms with E-state index in [0.717, 1.165) is 5.56 Å². The topological polar surface area (TPSA) is 113 Å². The summed E-state index contributed by atoms with van der Waals surface area (Å²) in [6.07, 6.45) is -0.378. The maximum Gasteiger partial charge on any atom is 0.326 e. The molecule has 0 saturated carbocycles. The van der Waals surface area contributed by atoms with Gasteiger partial charge in [-0.2, -0.15) is 0 Å². The molecule has 0 radical (unpaired) electrons. The predicted molar refractivity (Wildman–Crippen MR) is 76.8 cm³/mol. The molecule has 4 amide bonds. The number of amides is 4. The number of nitrogens with zero attached hydrogens (tertiary/aromatic N) is 1. The van der Waals surface area contributed by atoms with Crippen LogP contribution in [0.2, 0.25) is 5.02 Å². The van der Waals surface area contributed by atoms with Crippen LogP contribution in [0.15, 0.2) is 24.3 Å². The van der Waals surface area contributed by atoms with Gasteiger partial charge in [0, 0.05) is 11.6 Å². The molecule has 0 unspecified atom stereocenters.